The Labute approximate surface area is 66.4 Å². The van der Waals surface area contributed by atoms with Crippen LogP contribution in [0.3, 0.4) is 0 Å². The molecule has 1 N–H and O–H groups in total. The summed E-state index contributed by atoms with van der Waals surface area (Å²) in [5, 5.41) is 8.66. The van der Waals surface area contributed by atoms with Crippen LogP contribution in [0.5, 0.6) is 5.75 Å². The van der Waals surface area contributed by atoms with Gasteiger partial charge in [0, 0.05) is 12.2 Å². The summed E-state index contributed by atoms with van der Waals surface area (Å²) >= 11 is 0. The van der Waals surface area contributed by atoms with Crippen molar-refractivity contribution in [2.75, 3.05) is 13.7 Å². The van der Waals surface area contributed by atoms with E-state index in [9.17, 15) is 0 Å². The number of hydrogen-bond acceptors (Lipinski definition) is 2. The minimum absolute atomic E-state index is 0.136. The second-order valence-corrected chi connectivity index (χ2v) is 2.19. The van der Waals surface area contributed by atoms with Gasteiger partial charge in [-0.2, -0.15) is 0 Å². The third-order valence-corrected chi connectivity index (χ3v) is 1.48. The van der Waals surface area contributed by atoms with Gasteiger partial charge < -0.3 is 9.84 Å². The van der Waals surface area contributed by atoms with Crippen LogP contribution in [-0.4, -0.2) is 18.8 Å². The Kier molecular flexibility index (Phi) is 2.93. The number of rotatable bonds is 3. The first-order valence-electron chi connectivity index (χ1n) is 3.53. The highest BCUT2D eigenvalue weighted by atomic mass is 16.5. The van der Waals surface area contributed by atoms with Crippen LogP contribution in [0.15, 0.2) is 18.2 Å². The van der Waals surface area contributed by atoms with Gasteiger partial charge in [0.1, 0.15) is 5.75 Å². The molecule has 0 fully saturated rings. The van der Waals surface area contributed by atoms with E-state index in [1.165, 1.54) is 0 Å². The normalized spacial score (nSPS) is 9.64. The average molecular weight is 151 g/mol. The standard InChI is InChI=1S/C9H11O2/c1-11-9-5-3-2-4-8(9)6-7-10/h2-3,5,10H,6-7H2,1H3. The Morgan fingerprint density at radius 2 is 2.45 bits per heavy atom. The summed E-state index contributed by atoms with van der Waals surface area (Å²) in [6.07, 6.45) is 0.601. The summed E-state index contributed by atoms with van der Waals surface area (Å²) < 4.78 is 5.06. The highest BCUT2D eigenvalue weighted by Gasteiger charge is 1.98. The lowest BCUT2D eigenvalue weighted by Gasteiger charge is -2.04. The van der Waals surface area contributed by atoms with Crippen LogP contribution in [0.1, 0.15) is 5.56 Å². The maximum Gasteiger partial charge on any atom is 0.122 e. The lowest BCUT2D eigenvalue weighted by atomic mass is 10.1. The number of methoxy groups -OCH3 is 1. The molecule has 0 aromatic heterocycles. The number of aliphatic hydroxyl groups is 1. The van der Waals surface area contributed by atoms with Gasteiger partial charge in [-0.15, -0.1) is 0 Å². The van der Waals surface area contributed by atoms with Crippen LogP contribution in [0, 0.1) is 6.07 Å². The molecule has 2 heteroatoms. The van der Waals surface area contributed by atoms with Crippen molar-refractivity contribution in [1.29, 1.82) is 0 Å². The molecule has 1 radical (unpaired) electrons. The predicted octanol–water partition coefficient (Wildman–Crippen LogP) is 1.03. The summed E-state index contributed by atoms with van der Waals surface area (Å²) in [7, 11) is 1.62. The number of ether oxygens (including phenoxy) is 1. The predicted molar refractivity (Wildman–Crippen MR) is 42.6 cm³/mol. The molecular weight excluding hydrogens is 140 g/mol. The average Bonchev–Trinajstić information content (AvgIpc) is 2.06. The second-order valence-electron chi connectivity index (χ2n) is 2.19. The van der Waals surface area contributed by atoms with Gasteiger partial charge in [0.05, 0.1) is 7.11 Å². The van der Waals surface area contributed by atoms with Crippen molar-refractivity contribution in [3.05, 3.63) is 29.8 Å². The third-order valence-electron chi connectivity index (χ3n) is 1.48. The zero-order valence-electron chi connectivity index (χ0n) is 6.50. The SMILES string of the molecule is COc1ccc[c]c1CCO. The molecule has 0 atom stereocenters. The van der Waals surface area contributed by atoms with E-state index in [0.717, 1.165) is 11.3 Å². The topological polar surface area (TPSA) is 29.5 Å². The van der Waals surface area contributed by atoms with E-state index < -0.39 is 0 Å². The molecule has 0 unspecified atom stereocenters. The molecule has 0 aliphatic rings. The number of benzene rings is 1. The molecule has 1 aromatic carbocycles. The highest BCUT2D eigenvalue weighted by Crippen LogP contribution is 2.16. The minimum Gasteiger partial charge on any atom is -0.496 e. The van der Waals surface area contributed by atoms with Crippen LogP contribution in [0.2, 0.25) is 0 Å². The first-order valence-corrected chi connectivity index (χ1v) is 3.53. The molecule has 1 aromatic rings. The van der Waals surface area contributed by atoms with Crippen LogP contribution < -0.4 is 4.74 Å². The van der Waals surface area contributed by atoms with Crippen molar-refractivity contribution in [2.24, 2.45) is 0 Å². The van der Waals surface area contributed by atoms with Gasteiger partial charge in [-0.3, -0.25) is 0 Å². The summed E-state index contributed by atoms with van der Waals surface area (Å²) in [5.74, 6) is 0.793. The number of hydrogen-bond donors (Lipinski definition) is 1. The van der Waals surface area contributed by atoms with Gasteiger partial charge in [-0.25, -0.2) is 0 Å². The molecule has 0 spiro atoms. The van der Waals surface area contributed by atoms with Crippen molar-refractivity contribution in [3.8, 4) is 5.75 Å². The fourth-order valence-corrected chi connectivity index (χ4v) is 0.954. The van der Waals surface area contributed by atoms with Crippen molar-refractivity contribution in [1.82, 2.24) is 0 Å². The fourth-order valence-electron chi connectivity index (χ4n) is 0.954. The van der Waals surface area contributed by atoms with Crippen LogP contribution in [-0.2, 0) is 6.42 Å². The molecular formula is C9H11O2. The molecule has 0 saturated carbocycles. The van der Waals surface area contributed by atoms with Gasteiger partial charge in [0.15, 0.2) is 0 Å². The van der Waals surface area contributed by atoms with Crippen molar-refractivity contribution >= 4 is 0 Å². The van der Waals surface area contributed by atoms with E-state index in [2.05, 4.69) is 6.07 Å². The summed E-state index contributed by atoms with van der Waals surface area (Å²) in [6, 6.07) is 8.54. The smallest absolute Gasteiger partial charge is 0.122 e. The summed E-state index contributed by atoms with van der Waals surface area (Å²) in [4.78, 5) is 0. The van der Waals surface area contributed by atoms with Gasteiger partial charge in [-0.05, 0) is 18.6 Å². The van der Waals surface area contributed by atoms with E-state index in [1.807, 2.05) is 18.2 Å². The molecule has 59 valence electrons. The first kappa shape index (κ1) is 8.08. The Hall–Kier alpha value is -1.02. The molecule has 1 rings (SSSR count). The Morgan fingerprint density at radius 3 is 3.09 bits per heavy atom. The maximum absolute atomic E-state index is 8.66. The molecule has 0 aliphatic carbocycles. The molecule has 0 aliphatic heterocycles. The molecule has 0 amide bonds. The zero-order chi connectivity index (χ0) is 8.10. The van der Waals surface area contributed by atoms with E-state index >= 15 is 0 Å². The van der Waals surface area contributed by atoms with E-state index in [4.69, 9.17) is 9.84 Å². The van der Waals surface area contributed by atoms with E-state index in [-0.39, 0.29) is 6.61 Å². The third kappa shape index (κ3) is 1.95. The monoisotopic (exact) mass is 151 g/mol. The Morgan fingerprint density at radius 1 is 1.64 bits per heavy atom. The summed E-state index contributed by atoms with van der Waals surface area (Å²) in [5.41, 5.74) is 0.928. The molecule has 0 bridgehead atoms. The second kappa shape index (κ2) is 3.98. The van der Waals surface area contributed by atoms with Gasteiger partial charge in [-0.1, -0.05) is 12.1 Å². The quantitative estimate of drug-likeness (QED) is 0.699. The fraction of sp³-hybridized carbons (Fsp3) is 0.333. The Balaban J connectivity index is 2.83. The minimum atomic E-state index is 0.136. The van der Waals surface area contributed by atoms with E-state index in [1.54, 1.807) is 7.11 Å². The van der Waals surface area contributed by atoms with Crippen molar-refractivity contribution in [2.45, 2.75) is 6.42 Å². The van der Waals surface area contributed by atoms with Gasteiger partial charge >= 0.3 is 0 Å². The lowest BCUT2D eigenvalue weighted by molar-refractivity contribution is 0.296. The largest absolute Gasteiger partial charge is 0.496 e. The van der Waals surface area contributed by atoms with Gasteiger partial charge in [0.25, 0.3) is 0 Å². The maximum atomic E-state index is 8.66. The Bertz CT molecular complexity index is 221. The molecule has 0 saturated heterocycles. The van der Waals surface area contributed by atoms with Crippen LogP contribution in [0.25, 0.3) is 0 Å². The first-order chi connectivity index (χ1) is 5.38. The van der Waals surface area contributed by atoms with E-state index in [0.29, 0.717) is 6.42 Å². The number of aliphatic hydroxyl groups excluding tert-OH is 1. The molecule has 0 heterocycles. The van der Waals surface area contributed by atoms with Crippen molar-refractivity contribution < 1.29 is 9.84 Å². The van der Waals surface area contributed by atoms with Crippen molar-refractivity contribution in [3.63, 3.8) is 0 Å². The molecule has 2 nitrogen and oxygen atoms in total. The van der Waals surface area contributed by atoms with Crippen LogP contribution >= 0.6 is 0 Å². The lowest BCUT2D eigenvalue weighted by Crippen LogP contribution is -1.94. The van der Waals surface area contributed by atoms with Crippen LogP contribution in [0.4, 0.5) is 0 Å². The highest BCUT2D eigenvalue weighted by molar-refractivity contribution is 5.32. The van der Waals surface area contributed by atoms with Gasteiger partial charge in [0.2, 0.25) is 0 Å². The zero-order valence-corrected chi connectivity index (χ0v) is 6.50. The molecule has 11 heavy (non-hydrogen) atoms. The summed E-state index contributed by atoms with van der Waals surface area (Å²) in [6.45, 7) is 0.136.